The van der Waals surface area contributed by atoms with E-state index in [-0.39, 0.29) is 18.0 Å². The van der Waals surface area contributed by atoms with Crippen LogP contribution in [0.15, 0.2) is 0 Å². The highest BCUT2D eigenvalue weighted by Crippen LogP contribution is 2.27. The predicted molar refractivity (Wildman–Crippen MR) is 69.3 cm³/mol. The highest BCUT2D eigenvalue weighted by atomic mass is 16.5. The number of aliphatic hydroxyl groups excluding tert-OH is 1. The van der Waals surface area contributed by atoms with Crippen LogP contribution in [0.5, 0.6) is 0 Å². The molecule has 0 saturated heterocycles. The molecule has 0 fully saturated rings. The van der Waals surface area contributed by atoms with Gasteiger partial charge in [-0.2, -0.15) is 0 Å². The van der Waals surface area contributed by atoms with Crippen molar-refractivity contribution in [1.29, 1.82) is 0 Å². The van der Waals surface area contributed by atoms with Crippen molar-refractivity contribution in [3.63, 3.8) is 0 Å². The molecule has 0 aromatic carbocycles. The molecule has 1 N–H and O–H groups in total. The molecule has 0 spiro atoms. The van der Waals surface area contributed by atoms with Gasteiger partial charge in [-0.1, -0.05) is 20.8 Å². The van der Waals surface area contributed by atoms with Gasteiger partial charge in [0, 0.05) is 32.1 Å². The first-order chi connectivity index (χ1) is 7.49. The lowest BCUT2D eigenvalue weighted by Gasteiger charge is -2.35. The first-order valence-electron chi connectivity index (χ1n) is 6.19. The van der Waals surface area contributed by atoms with Crippen LogP contribution in [0.2, 0.25) is 0 Å². The Morgan fingerprint density at radius 3 is 2.00 bits per heavy atom. The Hall–Kier alpha value is -0.0551. The topological polar surface area (TPSA) is 38.7 Å². The van der Waals surface area contributed by atoms with Crippen LogP contribution in [0, 0.1) is 17.8 Å². The van der Waals surface area contributed by atoms with Crippen molar-refractivity contribution in [2.75, 3.05) is 20.8 Å². The minimum Gasteiger partial charge on any atom is -0.402 e. The summed E-state index contributed by atoms with van der Waals surface area (Å²) in [5.74, 6) is 0.986. The molecule has 0 aliphatic carbocycles. The summed E-state index contributed by atoms with van der Waals surface area (Å²) in [6.07, 6.45) is 0.980. The van der Waals surface area contributed by atoms with E-state index in [9.17, 15) is 5.11 Å². The lowest BCUT2D eigenvalue weighted by Crippen LogP contribution is -2.42. The van der Waals surface area contributed by atoms with Crippen LogP contribution < -0.4 is 0 Å². The Morgan fingerprint density at radius 1 is 1.19 bits per heavy atom. The summed E-state index contributed by atoms with van der Waals surface area (Å²) in [6.45, 7) is 7.11. The minimum absolute atomic E-state index is 0.0601. The zero-order valence-electron chi connectivity index (χ0n) is 11.6. The summed E-state index contributed by atoms with van der Waals surface area (Å²) in [7, 11) is 5.27. The molecule has 4 atom stereocenters. The molecule has 16 heavy (non-hydrogen) atoms. The third-order valence-electron chi connectivity index (χ3n) is 3.42. The lowest BCUT2D eigenvalue weighted by atomic mass is 9.75. The Bertz CT molecular complexity index is 174. The van der Waals surface area contributed by atoms with Gasteiger partial charge >= 0.3 is 0 Å². The van der Waals surface area contributed by atoms with Gasteiger partial charge in [-0.25, -0.2) is 0 Å². The number of methoxy groups -OCH3 is 2. The number of rotatable bonds is 8. The van der Waals surface area contributed by atoms with E-state index in [1.807, 2.05) is 7.85 Å². The summed E-state index contributed by atoms with van der Waals surface area (Å²) in [5, 5.41) is 9.79. The van der Waals surface area contributed by atoms with Crippen LogP contribution in [-0.4, -0.2) is 45.9 Å². The molecule has 0 saturated carbocycles. The molecule has 0 aromatic rings. The van der Waals surface area contributed by atoms with Crippen molar-refractivity contribution in [2.24, 2.45) is 17.8 Å². The molecule has 0 radical (unpaired) electrons. The van der Waals surface area contributed by atoms with Crippen molar-refractivity contribution in [2.45, 2.75) is 39.3 Å². The monoisotopic (exact) mass is 230 g/mol. The first-order valence-corrected chi connectivity index (χ1v) is 6.19. The highest BCUT2D eigenvalue weighted by Gasteiger charge is 2.32. The van der Waals surface area contributed by atoms with Gasteiger partial charge < -0.3 is 14.6 Å². The highest BCUT2D eigenvalue weighted by molar-refractivity contribution is 6.11. The molecule has 3 nitrogen and oxygen atoms in total. The molecule has 0 bridgehead atoms. The van der Waals surface area contributed by atoms with Crippen LogP contribution in [0.3, 0.4) is 0 Å². The molecule has 0 unspecified atom stereocenters. The van der Waals surface area contributed by atoms with E-state index >= 15 is 0 Å². The summed E-state index contributed by atoms with van der Waals surface area (Å²) in [4.78, 5) is 0. The Labute approximate surface area is 101 Å². The van der Waals surface area contributed by atoms with E-state index in [1.165, 1.54) is 0 Å². The average molecular weight is 230 g/mol. The van der Waals surface area contributed by atoms with E-state index in [1.54, 1.807) is 14.2 Å². The van der Waals surface area contributed by atoms with Crippen molar-refractivity contribution in [3.8, 4) is 0 Å². The molecule has 0 rings (SSSR count). The molecule has 0 heterocycles. The Kier molecular flexibility index (Phi) is 8.07. The van der Waals surface area contributed by atoms with Crippen LogP contribution >= 0.6 is 0 Å². The maximum atomic E-state index is 9.79. The lowest BCUT2D eigenvalue weighted by molar-refractivity contribution is -0.0592. The fourth-order valence-corrected chi connectivity index (χ4v) is 2.37. The molecule has 0 aliphatic heterocycles. The van der Waals surface area contributed by atoms with E-state index in [4.69, 9.17) is 9.47 Å². The van der Waals surface area contributed by atoms with Gasteiger partial charge in [-0.3, -0.25) is 0 Å². The Balaban J connectivity index is 4.75. The van der Waals surface area contributed by atoms with Gasteiger partial charge in [0.15, 0.2) is 0 Å². The maximum absolute atomic E-state index is 9.79. The van der Waals surface area contributed by atoms with Crippen molar-refractivity contribution in [1.82, 2.24) is 0 Å². The van der Waals surface area contributed by atoms with Crippen molar-refractivity contribution < 1.29 is 14.6 Å². The van der Waals surface area contributed by atoms with E-state index < -0.39 is 0 Å². The van der Waals surface area contributed by atoms with Crippen LogP contribution in [-0.2, 0) is 9.47 Å². The second-order valence-corrected chi connectivity index (χ2v) is 4.88. The van der Waals surface area contributed by atoms with Gasteiger partial charge in [0.05, 0.1) is 12.7 Å². The summed E-state index contributed by atoms with van der Waals surface area (Å²) < 4.78 is 10.9. The minimum atomic E-state index is -0.340. The first kappa shape index (κ1) is 15.9. The van der Waals surface area contributed by atoms with Gasteiger partial charge in [0.25, 0.3) is 0 Å². The smallest absolute Gasteiger partial charge is 0.139 e. The standard InChI is InChI=1S/C12H27BO3/c1-6-9(12(13)14)11(16-5)10(7-15-4)8(2)3/h8-12,14H,6-7,13H2,1-5H3/t9-,10-,11+,12-/m1/s1. The van der Waals surface area contributed by atoms with Crippen LogP contribution in [0.1, 0.15) is 27.2 Å². The van der Waals surface area contributed by atoms with Gasteiger partial charge in [0.2, 0.25) is 0 Å². The molecule has 0 amide bonds. The Morgan fingerprint density at radius 2 is 1.75 bits per heavy atom. The third kappa shape index (κ3) is 4.44. The summed E-state index contributed by atoms with van der Waals surface area (Å²) in [6, 6.07) is -0.340. The van der Waals surface area contributed by atoms with E-state index in [0.29, 0.717) is 18.4 Å². The number of ether oxygens (including phenoxy) is 2. The SMILES string of the molecule is B[C@H](O)[C@H](CC)[C@H](OC)[C@H](COC)C(C)C. The summed E-state index contributed by atoms with van der Waals surface area (Å²) in [5.41, 5.74) is 0. The molecule has 96 valence electrons. The zero-order valence-corrected chi connectivity index (χ0v) is 11.6. The number of aliphatic hydroxyl groups is 1. The fraction of sp³-hybridized carbons (Fsp3) is 1.00. The number of hydrogen-bond donors (Lipinski definition) is 1. The van der Waals surface area contributed by atoms with Crippen LogP contribution in [0.4, 0.5) is 0 Å². The fourth-order valence-electron chi connectivity index (χ4n) is 2.37. The van der Waals surface area contributed by atoms with Gasteiger partial charge in [-0.05, 0) is 12.3 Å². The largest absolute Gasteiger partial charge is 0.402 e. The molecular weight excluding hydrogens is 203 g/mol. The summed E-state index contributed by atoms with van der Waals surface area (Å²) >= 11 is 0. The second-order valence-electron chi connectivity index (χ2n) is 4.88. The van der Waals surface area contributed by atoms with Gasteiger partial charge in [0.1, 0.15) is 7.85 Å². The zero-order chi connectivity index (χ0) is 12.7. The molecular formula is C12H27BO3. The molecule has 0 aromatic heterocycles. The second kappa shape index (κ2) is 8.10. The van der Waals surface area contributed by atoms with Crippen LogP contribution in [0.25, 0.3) is 0 Å². The predicted octanol–water partition coefficient (Wildman–Crippen LogP) is 0.898. The maximum Gasteiger partial charge on any atom is 0.139 e. The van der Waals surface area contributed by atoms with E-state index in [2.05, 4.69) is 20.8 Å². The molecule has 0 aliphatic rings. The third-order valence-corrected chi connectivity index (χ3v) is 3.42. The number of hydrogen-bond acceptors (Lipinski definition) is 3. The molecule has 4 heteroatoms. The average Bonchev–Trinajstić information content (AvgIpc) is 2.22. The van der Waals surface area contributed by atoms with Gasteiger partial charge in [-0.15, -0.1) is 0 Å². The van der Waals surface area contributed by atoms with Crippen molar-refractivity contribution >= 4 is 7.85 Å². The quantitative estimate of drug-likeness (QED) is 0.629. The van der Waals surface area contributed by atoms with E-state index in [0.717, 1.165) is 6.42 Å². The normalized spacial score (nSPS) is 19.4. The van der Waals surface area contributed by atoms with Crippen molar-refractivity contribution in [3.05, 3.63) is 0 Å².